The summed E-state index contributed by atoms with van der Waals surface area (Å²) in [5.41, 5.74) is 0.649. The van der Waals surface area contributed by atoms with Gasteiger partial charge in [0.05, 0.1) is 23.6 Å². The zero-order chi connectivity index (χ0) is 13.0. The smallest absolute Gasteiger partial charge is 0.274 e. The zero-order valence-corrected chi connectivity index (χ0v) is 9.78. The van der Waals surface area contributed by atoms with Crippen LogP contribution in [0, 0.1) is 10.1 Å². The summed E-state index contributed by atoms with van der Waals surface area (Å²) in [4.78, 5) is 10.5. The maximum atomic E-state index is 10.9. The van der Waals surface area contributed by atoms with Gasteiger partial charge in [0.1, 0.15) is 0 Å². The molecule has 0 radical (unpaired) electrons. The third kappa shape index (κ3) is 2.48. The van der Waals surface area contributed by atoms with E-state index in [1.54, 1.807) is 29.9 Å². The van der Waals surface area contributed by atoms with Gasteiger partial charge in [0.25, 0.3) is 5.69 Å². The number of para-hydroxylation sites is 1. The van der Waals surface area contributed by atoms with Crippen molar-refractivity contribution < 1.29 is 4.92 Å². The molecule has 0 atom stereocenters. The van der Waals surface area contributed by atoms with Gasteiger partial charge in [-0.15, -0.1) is 5.10 Å². The van der Waals surface area contributed by atoms with Crippen LogP contribution in [-0.4, -0.2) is 32.2 Å². The van der Waals surface area contributed by atoms with Crippen LogP contribution in [0.2, 0.25) is 0 Å². The standard InChI is InChI=1S/C10H12N6O2/c1-11-6-10-12-13-14-15(10)7-8-4-2-3-5-9(8)16(17)18/h2-5,11H,6-7H2,1H3. The summed E-state index contributed by atoms with van der Waals surface area (Å²) in [6.07, 6.45) is 0. The number of nitrogens with zero attached hydrogens (tertiary/aromatic N) is 5. The van der Waals surface area contributed by atoms with Crippen molar-refractivity contribution in [3.8, 4) is 0 Å². The molecule has 8 heteroatoms. The second-order valence-corrected chi connectivity index (χ2v) is 3.67. The van der Waals surface area contributed by atoms with Crippen LogP contribution >= 0.6 is 0 Å². The highest BCUT2D eigenvalue weighted by Gasteiger charge is 2.14. The summed E-state index contributed by atoms with van der Waals surface area (Å²) in [5, 5.41) is 25.1. The summed E-state index contributed by atoms with van der Waals surface area (Å²) in [5.74, 6) is 0.635. The Hall–Kier alpha value is -2.35. The lowest BCUT2D eigenvalue weighted by Gasteiger charge is -2.04. The molecule has 0 aliphatic heterocycles. The van der Waals surface area contributed by atoms with Crippen molar-refractivity contribution in [3.05, 3.63) is 45.8 Å². The van der Waals surface area contributed by atoms with Crippen LogP contribution in [0.15, 0.2) is 24.3 Å². The molecule has 2 aromatic rings. The Morgan fingerprint density at radius 3 is 2.94 bits per heavy atom. The number of benzene rings is 1. The molecule has 0 saturated heterocycles. The Morgan fingerprint density at radius 1 is 1.44 bits per heavy atom. The molecule has 0 amide bonds. The maximum Gasteiger partial charge on any atom is 0.274 e. The van der Waals surface area contributed by atoms with Crippen molar-refractivity contribution in [2.45, 2.75) is 13.1 Å². The van der Waals surface area contributed by atoms with Gasteiger partial charge in [-0.1, -0.05) is 18.2 Å². The Labute approximate surface area is 103 Å². The highest BCUT2D eigenvalue weighted by molar-refractivity contribution is 5.39. The average molecular weight is 248 g/mol. The van der Waals surface area contributed by atoms with E-state index in [4.69, 9.17) is 0 Å². The van der Waals surface area contributed by atoms with E-state index in [2.05, 4.69) is 20.8 Å². The molecular formula is C10H12N6O2. The molecule has 0 aliphatic carbocycles. The van der Waals surface area contributed by atoms with Gasteiger partial charge in [0, 0.05) is 6.07 Å². The molecular weight excluding hydrogens is 236 g/mol. The number of aromatic nitrogens is 4. The first-order valence-electron chi connectivity index (χ1n) is 5.34. The van der Waals surface area contributed by atoms with Crippen molar-refractivity contribution in [2.75, 3.05) is 7.05 Å². The van der Waals surface area contributed by atoms with Crippen molar-refractivity contribution in [2.24, 2.45) is 0 Å². The minimum Gasteiger partial charge on any atom is -0.313 e. The van der Waals surface area contributed by atoms with Crippen molar-refractivity contribution >= 4 is 5.69 Å². The van der Waals surface area contributed by atoms with Crippen LogP contribution in [0.4, 0.5) is 5.69 Å². The molecule has 1 aromatic heterocycles. The topological polar surface area (TPSA) is 98.8 Å². The molecule has 0 spiro atoms. The first-order chi connectivity index (χ1) is 8.72. The SMILES string of the molecule is CNCc1nnnn1Cc1ccccc1[N+](=O)[O-]. The fraction of sp³-hybridized carbons (Fsp3) is 0.300. The summed E-state index contributed by atoms with van der Waals surface area (Å²) in [6.45, 7) is 0.787. The minimum atomic E-state index is -0.405. The number of nitro benzene ring substituents is 1. The minimum absolute atomic E-state index is 0.0726. The molecule has 8 nitrogen and oxygen atoms in total. The molecule has 1 aromatic carbocycles. The molecule has 0 unspecified atom stereocenters. The molecule has 0 aliphatic rings. The maximum absolute atomic E-state index is 10.9. The molecule has 1 N–H and O–H groups in total. The van der Waals surface area contributed by atoms with Crippen LogP contribution in [-0.2, 0) is 13.1 Å². The quantitative estimate of drug-likeness (QED) is 0.605. The first-order valence-corrected chi connectivity index (χ1v) is 5.34. The highest BCUT2D eigenvalue weighted by atomic mass is 16.6. The number of hydrogen-bond acceptors (Lipinski definition) is 6. The second kappa shape index (κ2) is 5.32. The number of nitrogens with one attached hydrogen (secondary N) is 1. The molecule has 18 heavy (non-hydrogen) atoms. The number of hydrogen-bond donors (Lipinski definition) is 1. The summed E-state index contributed by atoms with van der Waals surface area (Å²) in [7, 11) is 1.78. The summed E-state index contributed by atoms with van der Waals surface area (Å²) < 4.78 is 1.54. The monoisotopic (exact) mass is 248 g/mol. The van der Waals surface area contributed by atoms with Gasteiger partial charge in [-0.05, 0) is 17.5 Å². The van der Waals surface area contributed by atoms with Gasteiger partial charge < -0.3 is 5.32 Å². The first kappa shape index (κ1) is 12.1. The highest BCUT2D eigenvalue weighted by Crippen LogP contribution is 2.18. The van der Waals surface area contributed by atoms with E-state index in [1.165, 1.54) is 6.07 Å². The summed E-state index contributed by atoms with van der Waals surface area (Å²) >= 11 is 0. The largest absolute Gasteiger partial charge is 0.313 e. The lowest BCUT2D eigenvalue weighted by molar-refractivity contribution is -0.385. The van der Waals surface area contributed by atoms with Gasteiger partial charge in [-0.25, -0.2) is 4.68 Å². The zero-order valence-electron chi connectivity index (χ0n) is 9.78. The van der Waals surface area contributed by atoms with E-state index in [0.717, 1.165) is 0 Å². The van der Waals surface area contributed by atoms with Crippen molar-refractivity contribution in [1.82, 2.24) is 25.5 Å². The number of rotatable bonds is 5. The Morgan fingerprint density at radius 2 is 2.22 bits per heavy atom. The average Bonchev–Trinajstić information content (AvgIpc) is 2.78. The number of tetrazole rings is 1. The Bertz CT molecular complexity index is 553. The molecule has 0 fully saturated rings. The lowest BCUT2D eigenvalue weighted by Crippen LogP contribution is -2.14. The van der Waals surface area contributed by atoms with Gasteiger partial charge in [0.2, 0.25) is 0 Å². The van der Waals surface area contributed by atoms with Crippen molar-refractivity contribution in [1.29, 1.82) is 0 Å². The van der Waals surface area contributed by atoms with Crippen molar-refractivity contribution in [3.63, 3.8) is 0 Å². The fourth-order valence-corrected chi connectivity index (χ4v) is 1.61. The Balaban J connectivity index is 2.28. The second-order valence-electron chi connectivity index (χ2n) is 3.67. The summed E-state index contributed by atoms with van der Waals surface area (Å²) in [6, 6.07) is 6.56. The van der Waals surface area contributed by atoms with E-state index >= 15 is 0 Å². The molecule has 94 valence electrons. The molecule has 2 rings (SSSR count). The molecule has 0 saturated carbocycles. The predicted octanol–water partition coefficient (Wildman–Crippen LogP) is 0.349. The van der Waals surface area contributed by atoms with E-state index in [1.807, 2.05) is 0 Å². The lowest BCUT2D eigenvalue weighted by atomic mass is 10.2. The predicted molar refractivity (Wildman–Crippen MR) is 62.8 cm³/mol. The normalized spacial score (nSPS) is 10.5. The Kier molecular flexibility index (Phi) is 3.58. The van der Waals surface area contributed by atoms with Crippen LogP contribution in [0.3, 0.4) is 0 Å². The van der Waals surface area contributed by atoms with Crippen LogP contribution in [0.5, 0.6) is 0 Å². The van der Waals surface area contributed by atoms with E-state index in [0.29, 0.717) is 17.9 Å². The van der Waals surface area contributed by atoms with E-state index in [-0.39, 0.29) is 12.2 Å². The van der Waals surface area contributed by atoms with Gasteiger partial charge >= 0.3 is 0 Å². The third-order valence-electron chi connectivity index (χ3n) is 2.45. The molecule has 1 heterocycles. The fourth-order valence-electron chi connectivity index (χ4n) is 1.61. The third-order valence-corrected chi connectivity index (χ3v) is 2.45. The van der Waals surface area contributed by atoms with E-state index < -0.39 is 4.92 Å². The van der Waals surface area contributed by atoms with Gasteiger partial charge in [-0.2, -0.15) is 0 Å². The van der Waals surface area contributed by atoms with Crippen LogP contribution in [0.1, 0.15) is 11.4 Å². The van der Waals surface area contributed by atoms with Gasteiger partial charge in [0.15, 0.2) is 5.82 Å². The van der Waals surface area contributed by atoms with Crippen LogP contribution < -0.4 is 5.32 Å². The number of nitro groups is 1. The van der Waals surface area contributed by atoms with Gasteiger partial charge in [-0.3, -0.25) is 10.1 Å². The van der Waals surface area contributed by atoms with Crippen LogP contribution in [0.25, 0.3) is 0 Å². The molecule has 0 bridgehead atoms. The van der Waals surface area contributed by atoms with E-state index in [9.17, 15) is 10.1 Å².